The molecule has 3 aromatic rings. The topological polar surface area (TPSA) is 74.2 Å². The summed E-state index contributed by atoms with van der Waals surface area (Å²) in [5.41, 5.74) is 4.81. The first-order chi connectivity index (χ1) is 18.2. The van der Waals surface area contributed by atoms with Crippen molar-refractivity contribution in [3.63, 3.8) is 0 Å². The maximum atomic E-state index is 13.8. The van der Waals surface area contributed by atoms with Gasteiger partial charge in [-0.15, -0.1) is 13.2 Å². The number of anilines is 2. The van der Waals surface area contributed by atoms with Crippen molar-refractivity contribution in [3.8, 4) is 5.75 Å². The Morgan fingerprint density at radius 2 is 1.55 bits per heavy atom. The Balaban J connectivity index is 1.45. The number of rotatable bonds is 5. The minimum absolute atomic E-state index is 0.176. The van der Waals surface area contributed by atoms with Gasteiger partial charge in [0.2, 0.25) is 0 Å². The molecule has 6 nitrogen and oxygen atoms in total. The van der Waals surface area contributed by atoms with E-state index >= 15 is 0 Å². The van der Waals surface area contributed by atoms with E-state index in [0.29, 0.717) is 18.5 Å². The molecule has 0 bridgehead atoms. The van der Waals surface area contributed by atoms with Crippen LogP contribution in [-0.4, -0.2) is 34.9 Å². The highest BCUT2D eigenvalue weighted by molar-refractivity contribution is 7.91. The number of ether oxygens (including phenoxy) is 1. The Morgan fingerprint density at radius 3 is 2.11 bits per heavy atom. The fourth-order valence-electron chi connectivity index (χ4n) is 5.13. The van der Waals surface area contributed by atoms with Crippen LogP contribution in [0.1, 0.15) is 24.0 Å². The van der Waals surface area contributed by atoms with Crippen molar-refractivity contribution in [2.45, 2.75) is 49.1 Å². The largest absolute Gasteiger partial charge is 0.573 e. The molecule has 10 heteroatoms. The summed E-state index contributed by atoms with van der Waals surface area (Å²) in [4.78, 5) is 2.36. The van der Waals surface area contributed by atoms with Crippen LogP contribution in [0.2, 0.25) is 0 Å². The fraction of sp³-hybridized carbons (Fsp3) is 0.286. The number of hydrogen-bond donors (Lipinski definition) is 2. The van der Waals surface area contributed by atoms with Crippen LogP contribution < -0.4 is 14.4 Å². The maximum Gasteiger partial charge on any atom is 0.573 e. The molecular weight excluding hydrogens is 515 g/mol. The summed E-state index contributed by atoms with van der Waals surface area (Å²) in [6, 6.07) is 20.7. The molecule has 5 rings (SSSR count). The van der Waals surface area contributed by atoms with Gasteiger partial charge in [-0.3, -0.25) is 4.72 Å². The highest BCUT2D eigenvalue weighted by Gasteiger charge is 2.36. The number of nitrogens with zero attached hydrogens (tertiary/aromatic N) is 2. The Hall–Kier alpha value is -3.50. The summed E-state index contributed by atoms with van der Waals surface area (Å²) in [6.07, 6.45) is -0.979. The average molecular weight is 544 g/mol. The van der Waals surface area contributed by atoms with E-state index in [1.54, 1.807) is 0 Å². The van der Waals surface area contributed by atoms with Crippen molar-refractivity contribution >= 4 is 21.3 Å². The van der Waals surface area contributed by atoms with Gasteiger partial charge in [-0.05, 0) is 73.2 Å². The van der Waals surface area contributed by atoms with Crippen LogP contribution in [0.25, 0.3) is 0 Å². The summed E-state index contributed by atoms with van der Waals surface area (Å²) in [5, 5.41) is 11.6. The second kappa shape index (κ2) is 10.3. The van der Waals surface area contributed by atoms with E-state index in [-0.39, 0.29) is 10.9 Å². The summed E-state index contributed by atoms with van der Waals surface area (Å²) < 4.78 is 62.3. The normalized spacial score (nSPS) is 20.8. The predicted octanol–water partition coefficient (Wildman–Crippen LogP) is 5.89. The number of aliphatic hydroxyl groups is 1. The zero-order valence-electron chi connectivity index (χ0n) is 20.7. The fourth-order valence-corrected chi connectivity index (χ4v) is 6.58. The van der Waals surface area contributed by atoms with Gasteiger partial charge in [0.15, 0.2) is 9.92 Å². The van der Waals surface area contributed by atoms with Crippen molar-refractivity contribution < 1.29 is 27.2 Å². The Bertz CT molecular complexity index is 1420. The van der Waals surface area contributed by atoms with Crippen LogP contribution in [0, 0.1) is 0 Å². The first kappa shape index (κ1) is 26.1. The molecule has 1 unspecified atom stereocenters. The van der Waals surface area contributed by atoms with Crippen LogP contribution in [0.15, 0.2) is 93.8 Å². The lowest BCUT2D eigenvalue weighted by Gasteiger charge is -2.40. The standard InChI is InChI=1S/C28H28F3N3O3S/c1-32-38(36,22-17-15-21(16-18-22)37-28(29,30)31)33-23-9-6-12-26(27(23)35)34-24-10-4-2-7-19(24)13-14-20-8-3-5-11-25(20)34/h2-5,7-11,15-18,26-27,35H,6,12-14H2,1H3,(H,32,33,36)/t26-,27+,38?/m0/s1. The molecule has 0 spiro atoms. The minimum Gasteiger partial charge on any atom is -0.406 e. The number of benzene rings is 3. The first-order valence-electron chi connectivity index (χ1n) is 12.3. The number of aliphatic hydroxyl groups excluding tert-OH is 1. The summed E-state index contributed by atoms with van der Waals surface area (Å²) in [5.74, 6) is -0.422. The van der Waals surface area contributed by atoms with Gasteiger partial charge in [-0.1, -0.05) is 42.5 Å². The number of alkyl halides is 3. The molecule has 0 radical (unpaired) electrons. The molecule has 2 N–H and O–H groups in total. The number of aryl methyl sites for hydroxylation is 2. The van der Waals surface area contributed by atoms with Crippen molar-refractivity contribution in [3.05, 3.63) is 95.7 Å². The smallest absolute Gasteiger partial charge is 0.406 e. The second-order valence-electron chi connectivity index (χ2n) is 9.21. The third kappa shape index (κ3) is 5.23. The van der Waals surface area contributed by atoms with Gasteiger partial charge in [0.1, 0.15) is 11.9 Å². The number of fused-ring (bicyclic) bond motifs is 2. The third-order valence-corrected chi connectivity index (χ3v) is 8.84. The number of nitrogens with one attached hydrogen (secondary N) is 1. The predicted molar refractivity (Wildman–Crippen MR) is 141 cm³/mol. The van der Waals surface area contributed by atoms with E-state index in [1.165, 1.54) is 30.3 Å². The van der Waals surface area contributed by atoms with Crippen molar-refractivity contribution in [2.24, 2.45) is 4.36 Å². The SMILES string of the molecule is CN=S(=O)(NC1=CCC[C@H](N2c3ccccc3CCc3ccccc32)[C@@H]1O)c1ccc(OC(F)(F)F)cc1. The summed E-state index contributed by atoms with van der Waals surface area (Å²) in [7, 11) is -1.92. The molecule has 1 heterocycles. The van der Waals surface area contributed by atoms with Gasteiger partial charge < -0.3 is 14.7 Å². The quantitative estimate of drug-likeness (QED) is 0.421. The van der Waals surface area contributed by atoms with Crippen molar-refractivity contribution in [2.75, 3.05) is 11.9 Å². The molecule has 0 amide bonds. The Morgan fingerprint density at radius 1 is 0.974 bits per heavy atom. The average Bonchev–Trinajstić information content (AvgIpc) is 3.06. The number of hydrogen-bond acceptors (Lipinski definition) is 5. The maximum absolute atomic E-state index is 13.8. The van der Waals surface area contributed by atoms with Crippen LogP contribution in [-0.2, 0) is 22.8 Å². The first-order valence-corrected chi connectivity index (χ1v) is 13.8. The monoisotopic (exact) mass is 543 g/mol. The molecule has 200 valence electrons. The van der Waals surface area contributed by atoms with Gasteiger partial charge in [0, 0.05) is 18.4 Å². The van der Waals surface area contributed by atoms with Crippen LogP contribution >= 0.6 is 0 Å². The molecule has 38 heavy (non-hydrogen) atoms. The Labute approximate surface area is 220 Å². The third-order valence-electron chi connectivity index (χ3n) is 6.90. The summed E-state index contributed by atoms with van der Waals surface area (Å²) in [6.45, 7) is 0. The van der Waals surface area contributed by atoms with Crippen LogP contribution in [0.3, 0.4) is 0 Å². The van der Waals surface area contributed by atoms with E-state index in [1.807, 2.05) is 30.3 Å². The van der Waals surface area contributed by atoms with Crippen LogP contribution in [0.5, 0.6) is 5.75 Å². The summed E-state index contributed by atoms with van der Waals surface area (Å²) >= 11 is 0. The molecule has 0 aromatic heterocycles. The van der Waals surface area contributed by atoms with Crippen molar-refractivity contribution in [1.82, 2.24) is 4.72 Å². The van der Waals surface area contributed by atoms with Gasteiger partial charge in [0.05, 0.1) is 16.6 Å². The van der Waals surface area contributed by atoms with E-state index in [4.69, 9.17) is 0 Å². The van der Waals surface area contributed by atoms with Crippen molar-refractivity contribution in [1.29, 1.82) is 0 Å². The zero-order chi connectivity index (χ0) is 26.9. The van der Waals surface area contributed by atoms with Crippen LogP contribution in [0.4, 0.5) is 24.5 Å². The zero-order valence-corrected chi connectivity index (χ0v) is 21.5. The molecule has 0 saturated heterocycles. The van der Waals surface area contributed by atoms with E-state index in [2.05, 4.69) is 43.0 Å². The molecule has 0 saturated carbocycles. The molecule has 0 fully saturated rings. The highest BCUT2D eigenvalue weighted by Crippen LogP contribution is 2.41. The van der Waals surface area contributed by atoms with Gasteiger partial charge in [0.25, 0.3) is 0 Å². The highest BCUT2D eigenvalue weighted by atomic mass is 32.2. The van der Waals surface area contributed by atoms with E-state index in [0.717, 1.165) is 36.3 Å². The molecule has 1 aliphatic carbocycles. The lowest BCUT2D eigenvalue weighted by atomic mass is 9.93. The lowest BCUT2D eigenvalue weighted by Crippen LogP contribution is -2.47. The lowest BCUT2D eigenvalue weighted by molar-refractivity contribution is -0.274. The molecule has 1 aliphatic heterocycles. The Kier molecular flexibility index (Phi) is 7.11. The molecular formula is C28H28F3N3O3S. The van der Waals surface area contributed by atoms with E-state index in [9.17, 15) is 22.5 Å². The number of halogens is 3. The molecule has 3 atom stereocenters. The minimum atomic E-state index is -4.83. The number of para-hydroxylation sites is 2. The molecule has 2 aliphatic rings. The van der Waals surface area contributed by atoms with Gasteiger partial charge in [-0.25, -0.2) is 8.57 Å². The van der Waals surface area contributed by atoms with E-state index < -0.39 is 28.1 Å². The van der Waals surface area contributed by atoms with Gasteiger partial charge in [-0.2, -0.15) is 0 Å². The second-order valence-corrected chi connectivity index (χ2v) is 11.3. The molecule has 3 aromatic carbocycles. The number of allylic oxidation sites excluding steroid dienone is 1. The van der Waals surface area contributed by atoms with Gasteiger partial charge >= 0.3 is 6.36 Å².